The van der Waals surface area contributed by atoms with Crippen molar-refractivity contribution >= 4 is 17.3 Å². The van der Waals surface area contributed by atoms with Gasteiger partial charge in [-0.1, -0.05) is 36.9 Å². The molecule has 2 aliphatic rings. The molecule has 1 atom stereocenters. The lowest BCUT2D eigenvalue weighted by molar-refractivity contribution is 0.314. The van der Waals surface area contributed by atoms with Crippen LogP contribution in [0.15, 0.2) is 24.3 Å². The predicted octanol–water partition coefficient (Wildman–Crippen LogP) is 4.48. The molecule has 1 heterocycles. The molecule has 1 aliphatic carbocycles. The summed E-state index contributed by atoms with van der Waals surface area (Å²) in [5.41, 5.74) is 1.27. The van der Waals surface area contributed by atoms with E-state index < -0.39 is 0 Å². The number of hydrogen-bond donors (Lipinski definition) is 1. The number of benzene rings is 1. The zero-order chi connectivity index (χ0) is 14.5. The molecule has 1 aromatic rings. The molecule has 116 valence electrons. The first-order chi connectivity index (χ1) is 10.3. The Morgan fingerprint density at radius 1 is 1.10 bits per heavy atom. The summed E-state index contributed by atoms with van der Waals surface area (Å²) in [5, 5.41) is 4.67. The third-order valence-electron chi connectivity index (χ3n) is 5.01. The van der Waals surface area contributed by atoms with Gasteiger partial charge in [-0.15, -0.1) is 0 Å². The number of nitrogens with zero attached hydrogens (tertiary/aromatic N) is 1. The summed E-state index contributed by atoms with van der Waals surface area (Å²) in [4.78, 5) is 2.48. The van der Waals surface area contributed by atoms with Crippen LogP contribution in [-0.2, 0) is 0 Å². The zero-order valence-electron chi connectivity index (χ0n) is 12.9. The highest BCUT2D eigenvalue weighted by Crippen LogP contribution is 2.25. The Labute approximate surface area is 133 Å². The highest BCUT2D eigenvalue weighted by molar-refractivity contribution is 6.30. The van der Waals surface area contributed by atoms with Crippen LogP contribution >= 0.6 is 11.6 Å². The van der Waals surface area contributed by atoms with Gasteiger partial charge in [0.25, 0.3) is 0 Å². The fraction of sp³-hybridized carbons (Fsp3) is 0.667. The van der Waals surface area contributed by atoms with Crippen molar-refractivity contribution in [2.45, 2.75) is 51.0 Å². The van der Waals surface area contributed by atoms with Crippen molar-refractivity contribution in [2.24, 2.45) is 5.92 Å². The number of halogens is 1. The Kier molecular flexibility index (Phi) is 5.43. The molecule has 1 N–H and O–H groups in total. The average molecular weight is 307 g/mol. The van der Waals surface area contributed by atoms with Crippen LogP contribution in [-0.4, -0.2) is 25.7 Å². The molecule has 0 bridgehead atoms. The van der Waals surface area contributed by atoms with Gasteiger partial charge >= 0.3 is 0 Å². The Morgan fingerprint density at radius 3 is 2.76 bits per heavy atom. The summed E-state index contributed by atoms with van der Waals surface area (Å²) in [5.74, 6) is 0.917. The second kappa shape index (κ2) is 7.51. The quantitative estimate of drug-likeness (QED) is 0.882. The van der Waals surface area contributed by atoms with Gasteiger partial charge in [0.15, 0.2) is 0 Å². The summed E-state index contributed by atoms with van der Waals surface area (Å²) in [7, 11) is 0. The second-order valence-corrected chi connectivity index (χ2v) is 7.11. The molecule has 1 aromatic carbocycles. The standard InChI is InChI=1S/C18H27ClN2/c19-16-8-4-10-18(12-16)21-11-5-9-17(14-21)20-13-15-6-2-1-3-7-15/h4,8,10,12,15,17,20H,1-3,5-7,9,11,13-14H2. The molecule has 3 rings (SSSR count). The number of hydrogen-bond acceptors (Lipinski definition) is 2. The molecule has 2 fully saturated rings. The molecule has 21 heavy (non-hydrogen) atoms. The maximum absolute atomic E-state index is 6.12. The molecule has 1 saturated carbocycles. The minimum absolute atomic E-state index is 0.639. The average Bonchev–Trinajstić information content (AvgIpc) is 2.54. The largest absolute Gasteiger partial charge is 0.370 e. The first-order valence-corrected chi connectivity index (χ1v) is 8.93. The topological polar surface area (TPSA) is 15.3 Å². The van der Waals surface area contributed by atoms with E-state index in [1.165, 1.54) is 57.2 Å². The molecule has 0 radical (unpaired) electrons. The van der Waals surface area contributed by atoms with Crippen molar-refractivity contribution < 1.29 is 0 Å². The van der Waals surface area contributed by atoms with Crippen molar-refractivity contribution in [3.05, 3.63) is 29.3 Å². The van der Waals surface area contributed by atoms with Crippen LogP contribution < -0.4 is 10.2 Å². The van der Waals surface area contributed by atoms with Crippen LogP contribution in [0, 0.1) is 5.92 Å². The van der Waals surface area contributed by atoms with Crippen LogP contribution in [0.25, 0.3) is 0 Å². The zero-order valence-corrected chi connectivity index (χ0v) is 13.6. The predicted molar refractivity (Wildman–Crippen MR) is 91.3 cm³/mol. The van der Waals surface area contributed by atoms with Gasteiger partial charge in [-0.2, -0.15) is 0 Å². The van der Waals surface area contributed by atoms with Crippen LogP contribution in [0.2, 0.25) is 5.02 Å². The van der Waals surface area contributed by atoms with Gasteiger partial charge in [0.1, 0.15) is 0 Å². The Morgan fingerprint density at radius 2 is 1.95 bits per heavy atom. The van der Waals surface area contributed by atoms with Gasteiger partial charge in [0.2, 0.25) is 0 Å². The minimum atomic E-state index is 0.639. The first kappa shape index (κ1) is 15.2. The normalized spacial score (nSPS) is 24.2. The third-order valence-corrected chi connectivity index (χ3v) is 5.25. The fourth-order valence-corrected chi connectivity index (χ4v) is 3.96. The molecular formula is C18H27ClN2. The maximum Gasteiger partial charge on any atom is 0.0426 e. The molecule has 0 amide bonds. The molecule has 1 saturated heterocycles. The molecule has 1 unspecified atom stereocenters. The van der Waals surface area contributed by atoms with Crippen molar-refractivity contribution in [1.29, 1.82) is 0 Å². The van der Waals surface area contributed by atoms with Crippen LogP contribution in [0.4, 0.5) is 5.69 Å². The van der Waals surface area contributed by atoms with Gasteiger partial charge in [0.05, 0.1) is 0 Å². The smallest absolute Gasteiger partial charge is 0.0426 e. The lowest BCUT2D eigenvalue weighted by Crippen LogP contribution is -2.47. The van der Waals surface area contributed by atoms with Gasteiger partial charge in [0, 0.05) is 29.8 Å². The lowest BCUT2D eigenvalue weighted by Gasteiger charge is -2.36. The number of piperidine rings is 1. The van der Waals surface area contributed by atoms with Crippen LogP contribution in [0.1, 0.15) is 44.9 Å². The highest BCUT2D eigenvalue weighted by Gasteiger charge is 2.21. The van der Waals surface area contributed by atoms with Crippen molar-refractivity contribution in [3.8, 4) is 0 Å². The van der Waals surface area contributed by atoms with Crippen molar-refractivity contribution in [3.63, 3.8) is 0 Å². The van der Waals surface area contributed by atoms with Crippen molar-refractivity contribution in [2.75, 3.05) is 24.5 Å². The van der Waals surface area contributed by atoms with Gasteiger partial charge in [-0.3, -0.25) is 0 Å². The van der Waals surface area contributed by atoms with E-state index in [1.807, 2.05) is 6.07 Å². The first-order valence-electron chi connectivity index (χ1n) is 8.55. The van der Waals surface area contributed by atoms with E-state index in [-0.39, 0.29) is 0 Å². The van der Waals surface area contributed by atoms with E-state index in [2.05, 4.69) is 28.4 Å². The number of nitrogens with one attached hydrogen (secondary N) is 1. The second-order valence-electron chi connectivity index (χ2n) is 6.68. The number of rotatable bonds is 4. The van der Waals surface area contributed by atoms with Gasteiger partial charge in [-0.25, -0.2) is 0 Å². The highest BCUT2D eigenvalue weighted by atomic mass is 35.5. The Hall–Kier alpha value is -0.730. The van der Waals surface area contributed by atoms with E-state index in [0.717, 1.165) is 24.0 Å². The Bertz CT molecular complexity index is 443. The minimum Gasteiger partial charge on any atom is -0.370 e. The summed E-state index contributed by atoms with van der Waals surface area (Å²) < 4.78 is 0. The van der Waals surface area contributed by atoms with E-state index in [0.29, 0.717) is 6.04 Å². The van der Waals surface area contributed by atoms with Crippen LogP contribution in [0.3, 0.4) is 0 Å². The number of anilines is 1. The lowest BCUT2D eigenvalue weighted by atomic mass is 9.89. The van der Waals surface area contributed by atoms with Crippen molar-refractivity contribution in [1.82, 2.24) is 5.32 Å². The van der Waals surface area contributed by atoms with E-state index in [4.69, 9.17) is 11.6 Å². The van der Waals surface area contributed by atoms with Crippen LogP contribution in [0.5, 0.6) is 0 Å². The summed E-state index contributed by atoms with van der Waals surface area (Å²) in [6, 6.07) is 8.91. The molecule has 2 nitrogen and oxygen atoms in total. The monoisotopic (exact) mass is 306 g/mol. The van der Waals surface area contributed by atoms with Gasteiger partial charge < -0.3 is 10.2 Å². The van der Waals surface area contributed by atoms with E-state index in [9.17, 15) is 0 Å². The molecule has 0 aromatic heterocycles. The Balaban J connectivity index is 1.51. The maximum atomic E-state index is 6.12. The van der Waals surface area contributed by atoms with Gasteiger partial charge in [-0.05, 0) is 56.3 Å². The third kappa shape index (κ3) is 4.37. The summed E-state index contributed by atoms with van der Waals surface area (Å²) in [6.45, 7) is 3.49. The van der Waals surface area contributed by atoms with E-state index in [1.54, 1.807) is 0 Å². The molecular weight excluding hydrogens is 280 g/mol. The van der Waals surface area contributed by atoms with E-state index >= 15 is 0 Å². The fourth-order valence-electron chi connectivity index (χ4n) is 3.78. The molecule has 3 heteroatoms. The summed E-state index contributed by atoms with van der Waals surface area (Å²) >= 11 is 6.12. The molecule has 0 spiro atoms. The SMILES string of the molecule is Clc1cccc(N2CCCC(NCC3CCCCC3)C2)c1. The molecule has 1 aliphatic heterocycles. The summed E-state index contributed by atoms with van der Waals surface area (Å²) in [6.07, 6.45) is 9.76.